The molecule has 1 saturated carbocycles. The molecule has 0 aromatic rings. The lowest BCUT2D eigenvalue weighted by molar-refractivity contribution is 0.0981. The monoisotopic (exact) mass is 270 g/mol. The average molecular weight is 270 g/mol. The normalized spacial score (nSPS) is 19.9. The number of hydrogen-bond acceptors (Lipinski definition) is 3. The van der Waals surface area contributed by atoms with Gasteiger partial charge in [-0.2, -0.15) is 0 Å². The van der Waals surface area contributed by atoms with Crippen molar-refractivity contribution in [2.45, 2.75) is 64.8 Å². The molecular weight excluding hydrogens is 236 g/mol. The lowest BCUT2D eigenvalue weighted by Gasteiger charge is -2.40. The first kappa shape index (κ1) is 16.9. The fraction of sp³-hybridized carbons (Fsp3) is 1.00. The summed E-state index contributed by atoms with van der Waals surface area (Å²) in [5.41, 5.74) is 0.449. The van der Waals surface area contributed by atoms with E-state index in [1.165, 1.54) is 45.1 Å². The molecule has 3 heteroatoms. The minimum atomic E-state index is 0.308. The highest BCUT2D eigenvalue weighted by atomic mass is 16.3. The first-order valence-electron chi connectivity index (χ1n) is 8.13. The second-order valence-corrected chi connectivity index (χ2v) is 6.59. The van der Waals surface area contributed by atoms with E-state index < -0.39 is 0 Å². The van der Waals surface area contributed by atoms with Crippen molar-refractivity contribution in [1.29, 1.82) is 0 Å². The standard InChI is InChI=1S/C16H34N2O/c1-15(2)18(11-8-12-19)14-16(13-17-3)9-6-4-5-7-10-16/h15,17,19H,4-14H2,1-3H3. The lowest BCUT2D eigenvalue weighted by Crippen LogP contribution is -2.46. The fourth-order valence-corrected chi connectivity index (χ4v) is 3.47. The molecule has 0 bridgehead atoms. The molecule has 0 unspecified atom stereocenters. The van der Waals surface area contributed by atoms with Crippen molar-refractivity contribution >= 4 is 0 Å². The van der Waals surface area contributed by atoms with Crippen LogP contribution in [0, 0.1) is 5.41 Å². The van der Waals surface area contributed by atoms with Gasteiger partial charge in [0.2, 0.25) is 0 Å². The van der Waals surface area contributed by atoms with Crippen LogP contribution in [0.25, 0.3) is 0 Å². The highest BCUT2D eigenvalue weighted by Gasteiger charge is 2.32. The van der Waals surface area contributed by atoms with Crippen molar-refractivity contribution in [2.75, 3.05) is 33.3 Å². The molecule has 0 aromatic heterocycles. The maximum atomic E-state index is 9.08. The molecule has 0 amide bonds. The van der Waals surface area contributed by atoms with E-state index in [2.05, 4.69) is 31.1 Å². The van der Waals surface area contributed by atoms with Gasteiger partial charge in [-0.25, -0.2) is 0 Å². The van der Waals surface area contributed by atoms with Crippen LogP contribution in [0.15, 0.2) is 0 Å². The Balaban J connectivity index is 2.67. The molecule has 0 heterocycles. The summed E-state index contributed by atoms with van der Waals surface area (Å²) in [6, 6.07) is 0.573. The maximum Gasteiger partial charge on any atom is 0.0443 e. The van der Waals surface area contributed by atoms with E-state index >= 15 is 0 Å². The SMILES string of the molecule is CNCC1(CN(CCCO)C(C)C)CCCCCC1. The van der Waals surface area contributed by atoms with Gasteiger partial charge in [0.1, 0.15) is 0 Å². The van der Waals surface area contributed by atoms with Crippen LogP contribution in [0.1, 0.15) is 58.8 Å². The van der Waals surface area contributed by atoms with Crippen LogP contribution in [0.2, 0.25) is 0 Å². The summed E-state index contributed by atoms with van der Waals surface area (Å²) < 4.78 is 0. The van der Waals surface area contributed by atoms with Crippen molar-refractivity contribution in [2.24, 2.45) is 5.41 Å². The minimum Gasteiger partial charge on any atom is -0.396 e. The quantitative estimate of drug-likeness (QED) is 0.666. The summed E-state index contributed by atoms with van der Waals surface area (Å²) in [7, 11) is 2.08. The largest absolute Gasteiger partial charge is 0.396 e. The highest BCUT2D eigenvalue weighted by molar-refractivity contribution is 4.87. The van der Waals surface area contributed by atoms with Crippen molar-refractivity contribution in [1.82, 2.24) is 10.2 Å². The summed E-state index contributed by atoms with van der Waals surface area (Å²) in [6.07, 6.45) is 9.19. The van der Waals surface area contributed by atoms with Crippen LogP contribution >= 0.6 is 0 Å². The minimum absolute atomic E-state index is 0.308. The first-order chi connectivity index (χ1) is 9.13. The Labute approximate surface area is 119 Å². The molecule has 0 spiro atoms. The fourth-order valence-electron chi connectivity index (χ4n) is 3.47. The maximum absolute atomic E-state index is 9.08. The Hall–Kier alpha value is -0.120. The molecule has 1 rings (SSSR count). The second-order valence-electron chi connectivity index (χ2n) is 6.59. The third-order valence-corrected chi connectivity index (χ3v) is 4.59. The van der Waals surface area contributed by atoms with Crippen molar-refractivity contribution in [3.05, 3.63) is 0 Å². The van der Waals surface area contributed by atoms with E-state index in [-0.39, 0.29) is 0 Å². The third-order valence-electron chi connectivity index (χ3n) is 4.59. The van der Waals surface area contributed by atoms with Crippen molar-refractivity contribution in [3.8, 4) is 0 Å². The Kier molecular flexibility index (Phi) is 7.96. The van der Waals surface area contributed by atoms with Gasteiger partial charge in [0.15, 0.2) is 0 Å². The summed E-state index contributed by atoms with van der Waals surface area (Å²) in [5, 5.41) is 12.5. The lowest BCUT2D eigenvalue weighted by atomic mass is 9.79. The van der Waals surface area contributed by atoms with Crippen LogP contribution in [-0.4, -0.2) is 49.3 Å². The summed E-state index contributed by atoms with van der Waals surface area (Å²) >= 11 is 0. The van der Waals surface area contributed by atoms with E-state index in [1.807, 2.05) is 0 Å². The second kappa shape index (κ2) is 8.93. The summed E-state index contributed by atoms with van der Waals surface area (Å²) in [5.74, 6) is 0. The Morgan fingerprint density at radius 3 is 2.26 bits per heavy atom. The van der Waals surface area contributed by atoms with E-state index in [9.17, 15) is 0 Å². The van der Waals surface area contributed by atoms with E-state index in [1.54, 1.807) is 0 Å². The number of aliphatic hydroxyl groups is 1. The predicted molar refractivity (Wildman–Crippen MR) is 82.5 cm³/mol. The molecular formula is C16H34N2O. The zero-order chi connectivity index (χ0) is 14.1. The zero-order valence-electron chi connectivity index (χ0n) is 13.2. The molecule has 0 aliphatic heterocycles. The number of nitrogens with zero attached hydrogens (tertiary/aromatic N) is 1. The van der Waals surface area contributed by atoms with E-state index in [4.69, 9.17) is 5.11 Å². The van der Waals surface area contributed by atoms with Gasteiger partial charge in [-0.05, 0) is 45.6 Å². The van der Waals surface area contributed by atoms with Gasteiger partial charge in [0.25, 0.3) is 0 Å². The van der Waals surface area contributed by atoms with Crippen LogP contribution in [0.5, 0.6) is 0 Å². The molecule has 0 radical (unpaired) electrons. The molecule has 0 saturated heterocycles. The predicted octanol–water partition coefficient (Wildman–Crippen LogP) is 2.64. The highest BCUT2D eigenvalue weighted by Crippen LogP contribution is 2.35. The first-order valence-corrected chi connectivity index (χ1v) is 8.13. The average Bonchev–Trinajstić information content (AvgIpc) is 2.61. The summed E-state index contributed by atoms with van der Waals surface area (Å²) in [6.45, 7) is 8.21. The molecule has 19 heavy (non-hydrogen) atoms. The Morgan fingerprint density at radius 2 is 1.79 bits per heavy atom. The van der Waals surface area contributed by atoms with E-state index in [0.29, 0.717) is 18.1 Å². The van der Waals surface area contributed by atoms with Crippen LogP contribution in [0.4, 0.5) is 0 Å². The van der Waals surface area contributed by atoms with Gasteiger partial charge in [0.05, 0.1) is 0 Å². The topological polar surface area (TPSA) is 35.5 Å². The van der Waals surface area contributed by atoms with Crippen LogP contribution in [-0.2, 0) is 0 Å². The van der Waals surface area contributed by atoms with Crippen molar-refractivity contribution in [3.63, 3.8) is 0 Å². The smallest absolute Gasteiger partial charge is 0.0443 e. The number of rotatable bonds is 8. The van der Waals surface area contributed by atoms with E-state index in [0.717, 1.165) is 19.5 Å². The molecule has 0 atom stereocenters. The Bertz CT molecular complexity index is 223. The van der Waals surface area contributed by atoms with Crippen molar-refractivity contribution < 1.29 is 5.11 Å². The van der Waals surface area contributed by atoms with Gasteiger partial charge in [0, 0.05) is 32.3 Å². The molecule has 1 aliphatic rings. The van der Waals surface area contributed by atoms with Gasteiger partial charge < -0.3 is 15.3 Å². The van der Waals surface area contributed by atoms with Crippen LogP contribution in [0.3, 0.4) is 0 Å². The number of hydrogen-bond donors (Lipinski definition) is 2. The van der Waals surface area contributed by atoms with Crippen LogP contribution < -0.4 is 5.32 Å². The molecule has 1 aliphatic carbocycles. The number of aliphatic hydroxyl groups excluding tert-OH is 1. The molecule has 1 fully saturated rings. The molecule has 2 N–H and O–H groups in total. The van der Waals surface area contributed by atoms with Gasteiger partial charge in [-0.15, -0.1) is 0 Å². The Morgan fingerprint density at radius 1 is 1.16 bits per heavy atom. The molecule has 0 aromatic carbocycles. The molecule has 3 nitrogen and oxygen atoms in total. The molecule has 114 valence electrons. The zero-order valence-corrected chi connectivity index (χ0v) is 13.2. The van der Waals surface area contributed by atoms with Gasteiger partial charge >= 0.3 is 0 Å². The van der Waals surface area contributed by atoms with Gasteiger partial charge in [-0.1, -0.05) is 25.7 Å². The third kappa shape index (κ3) is 5.80. The summed E-state index contributed by atoms with van der Waals surface area (Å²) in [4.78, 5) is 2.57. The van der Waals surface area contributed by atoms with Gasteiger partial charge in [-0.3, -0.25) is 0 Å². The number of nitrogens with one attached hydrogen (secondary N) is 1.